The predicted molar refractivity (Wildman–Crippen MR) is 67.6 cm³/mol. The first-order valence-electron chi connectivity index (χ1n) is 4.83. The van der Waals surface area contributed by atoms with Crippen molar-refractivity contribution in [1.82, 2.24) is 0 Å². The molecule has 0 fully saturated rings. The van der Waals surface area contributed by atoms with Gasteiger partial charge in [0.15, 0.2) is 0 Å². The zero-order valence-electron chi connectivity index (χ0n) is 8.93. The average molecular weight is 244 g/mol. The van der Waals surface area contributed by atoms with Gasteiger partial charge in [-0.15, -0.1) is 0 Å². The number of benzene rings is 1. The standard InChI is InChI=1S/C12H15Cl2N/c1-8(2)5-11(15)6-9-3-4-10(13)7-12(9)14/h3-5,7,11H,6,15H2,1-2H3. The van der Waals surface area contributed by atoms with Crippen LogP contribution < -0.4 is 5.73 Å². The lowest BCUT2D eigenvalue weighted by Crippen LogP contribution is -2.20. The molecule has 15 heavy (non-hydrogen) atoms. The van der Waals surface area contributed by atoms with E-state index >= 15 is 0 Å². The summed E-state index contributed by atoms with van der Waals surface area (Å²) in [4.78, 5) is 0. The molecule has 0 radical (unpaired) electrons. The summed E-state index contributed by atoms with van der Waals surface area (Å²) in [5.41, 5.74) is 8.19. The van der Waals surface area contributed by atoms with E-state index in [1.165, 1.54) is 5.57 Å². The van der Waals surface area contributed by atoms with Crippen molar-refractivity contribution in [2.75, 3.05) is 0 Å². The predicted octanol–water partition coefficient (Wildman–Crippen LogP) is 3.83. The van der Waals surface area contributed by atoms with Crippen LogP contribution >= 0.6 is 23.2 Å². The van der Waals surface area contributed by atoms with Gasteiger partial charge in [0.05, 0.1) is 0 Å². The summed E-state index contributed by atoms with van der Waals surface area (Å²) in [6, 6.07) is 5.50. The molecule has 0 aromatic heterocycles. The second-order valence-electron chi connectivity index (χ2n) is 3.85. The van der Waals surface area contributed by atoms with Gasteiger partial charge in [0.25, 0.3) is 0 Å². The molecule has 3 heteroatoms. The fourth-order valence-corrected chi connectivity index (χ4v) is 1.91. The Balaban J connectivity index is 2.77. The highest BCUT2D eigenvalue weighted by atomic mass is 35.5. The van der Waals surface area contributed by atoms with Gasteiger partial charge in [-0.25, -0.2) is 0 Å². The van der Waals surface area contributed by atoms with Gasteiger partial charge in [0.2, 0.25) is 0 Å². The third-order valence-electron chi connectivity index (χ3n) is 2.02. The molecule has 1 atom stereocenters. The lowest BCUT2D eigenvalue weighted by molar-refractivity contribution is 0.803. The van der Waals surface area contributed by atoms with Crippen molar-refractivity contribution in [1.29, 1.82) is 0 Å². The van der Waals surface area contributed by atoms with Gasteiger partial charge in [0, 0.05) is 16.1 Å². The molecule has 1 unspecified atom stereocenters. The Hall–Kier alpha value is -0.500. The van der Waals surface area contributed by atoms with Gasteiger partial charge in [-0.05, 0) is 38.0 Å². The minimum Gasteiger partial charge on any atom is -0.324 e. The number of rotatable bonds is 3. The van der Waals surface area contributed by atoms with Crippen LogP contribution in [-0.2, 0) is 6.42 Å². The molecule has 0 aliphatic heterocycles. The van der Waals surface area contributed by atoms with Crippen LogP contribution in [-0.4, -0.2) is 6.04 Å². The Kier molecular flexibility index (Phi) is 4.65. The van der Waals surface area contributed by atoms with Crippen molar-refractivity contribution >= 4 is 23.2 Å². The zero-order valence-corrected chi connectivity index (χ0v) is 10.4. The summed E-state index contributed by atoms with van der Waals surface area (Å²) < 4.78 is 0. The second kappa shape index (κ2) is 5.55. The third kappa shape index (κ3) is 4.25. The van der Waals surface area contributed by atoms with E-state index in [1.54, 1.807) is 6.07 Å². The monoisotopic (exact) mass is 243 g/mol. The van der Waals surface area contributed by atoms with E-state index < -0.39 is 0 Å². The van der Waals surface area contributed by atoms with E-state index in [0.717, 1.165) is 12.0 Å². The van der Waals surface area contributed by atoms with E-state index in [9.17, 15) is 0 Å². The quantitative estimate of drug-likeness (QED) is 0.803. The van der Waals surface area contributed by atoms with Gasteiger partial charge < -0.3 is 5.73 Å². The van der Waals surface area contributed by atoms with Crippen molar-refractivity contribution < 1.29 is 0 Å². The van der Waals surface area contributed by atoms with Gasteiger partial charge in [-0.3, -0.25) is 0 Å². The molecule has 0 saturated carbocycles. The normalized spacial score (nSPS) is 12.3. The Morgan fingerprint density at radius 3 is 2.60 bits per heavy atom. The highest BCUT2D eigenvalue weighted by Gasteiger charge is 2.05. The maximum Gasteiger partial charge on any atom is 0.0453 e. The first-order chi connectivity index (χ1) is 6.99. The zero-order chi connectivity index (χ0) is 11.4. The van der Waals surface area contributed by atoms with Gasteiger partial charge in [0.1, 0.15) is 0 Å². The van der Waals surface area contributed by atoms with Crippen molar-refractivity contribution in [3.05, 3.63) is 45.5 Å². The SMILES string of the molecule is CC(C)=CC(N)Cc1ccc(Cl)cc1Cl. The van der Waals surface area contributed by atoms with Crippen LogP contribution in [0.4, 0.5) is 0 Å². The maximum absolute atomic E-state index is 6.05. The number of hydrogen-bond acceptors (Lipinski definition) is 1. The van der Waals surface area contributed by atoms with E-state index in [4.69, 9.17) is 28.9 Å². The fourth-order valence-electron chi connectivity index (χ4n) is 1.43. The Morgan fingerprint density at radius 1 is 1.40 bits per heavy atom. The topological polar surface area (TPSA) is 26.0 Å². The molecule has 1 rings (SSSR count). The van der Waals surface area contributed by atoms with E-state index in [2.05, 4.69) is 0 Å². The molecule has 0 aliphatic rings. The minimum absolute atomic E-state index is 0.00803. The Morgan fingerprint density at radius 2 is 2.07 bits per heavy atom. The first-order valence-corrected chi connectivity index (χ1v) is 5.59. The fraction of sp³-hybridized carbons (Fsp3) is 0.333. The van der Waals surface area contributed by atoms with Crippen LogP contribution in [0, 0.1) is 0 Å². The summed E-state index contributed by atoms with van der Waals surface area (Å²) in [6.07, 6.45) is 2.77. The third-order valence-corrected chi connectivity index (χ3v) is 2.61. The van der Waals surface area contributed by atoms with Crippen LogP contribution in [0.3, 0.4) is 0 Å². The van der Waals surface area contributed by atoms with Crippen LogP contribution in [0.15, 0.2) is 29.8 Å². The molecule has 1 aromatic carbocycles. The van der Waals surface area contributed by atoms with Gasteiger partial charge in [-0.2, -0.15) is 0 Å². The van der Waals surface area contributed by atoms with Crippen LogP contribution in [0.1, 0.15) is 19.4 Å². The van der Waals surface area contributed by atoms with Gasteiger partial charge >= 0.3 is 0 Å². The molecular weight excluding hydrogens is 229 g/mol. The summed E-state index contributed by atoms with van der Waals surface area (Å²) in [5.74, 6) is 0. The summed E-state index contributed by atoms with van der Waals surface area (Å²) >= 11 is 11.9. The van der Waals surface area contributed by atoms with Crippen LogP contribution in [0.25, 0.3) is 0 Å². The minimum atomic E-state index is 0.00803. The highest BCUT2D eigenvalue weighted by Crippen LogP contribution is 2.22. The van der Waals surface area contributed by atoms with Crippen LogP contribution in [0.2, 0.25) is 10.0 Å². The number of allylic oxidation sites excluding steroid dienone is 1. The first kappa shape index (κ1) is 12.6. The lowest BCUT2D eigenvalue weighted by atomic mass is 10.0. The van der Waals surface area contributed by atoms with Crippen LogP contribution in [0.5, 0.6) is 0 Å². The summed E-state index contributed by atoms with van der Waals surface area (Å²) in [7, 11) is 0. The lowest BCUT2D eigenvalue weighted by Gasteiger charge is -2.09. The molecule has 0 aliphatic carbocycles. The summed E-state index contributed by atoms with van der Waals surface area (Å²) in [5, 5.41) is 1.33. The average Bonchev–Trinajstić information content (AvgIpc) is 2.08. The van der Waals surface area contributed by atoms with Crippen molar-refractivity contribution in [2.24, 2.45) is 5.73 Å². The molecule has 0 spiro atoms. The number of nitrogens with two attached hydrogens (primary N) is 1. The summed E-state index contributed by atoms with van der Waals surface area (Å²) in [6.45, 7) is 4.06. The highest BCUT2D eigenvalue weighted by molar-refractivity contribution is 6.35. The van der Waals surface area contributed by atoms with Crippen molar-refractivity contribution in [2.45, 2.75) is 26.3 Å². The molecule has 1 aromatic rings. The van der Waals surface area contributed by atoms with E-state index in [1.807, 2.05) is 32.1 Å². The molecule has 82 valence electrons. The smallest absolute Gasteiger partial charge is 0.0453 e. The Labute approximate surface area is 101 Å². The van der Waals surface area contributed by atoms with Crippen molar-refractivity contribution in [3.8, 4) is 0 Å². The molecule has 1 nitrogen and oxygen atoms in total. The largest absolute Gasteiger partial charge is 0.324 e. The maximum atomic E-state index is 6.05. The number of halogens is 2. The molecule has 0 bridgehead atoms. The molecule has 0 amide bonds. The number of hydrogen-bond donors (Lipinski definition) is 1. The molecule has 0 heterocycles. The van der Waals surface area contributed by atoms with Gasteiger partial charge in [-0.1, -0.05) is 40.9 Å². The van der Waals surface area contributed by atoms with E-state index in [0.29, 0.717) is 10.0 Å². The second-order valence-corrected chi connectivity index (χ2v) is 4.69. The molecule has 0 saturated heterocycles. The molecule has 2 N–H and O–H groups in total. The Bertz CT molecular complexity index is 368. The van der Waals surface area contributed by atoms with Crippen molar-refractivity contribution in [3.63, 3.8) is 0 Å². The molecular formula is C12H15Cl2N. The van der Waals surface area contributed by atoms with E-state index in [-0.39, 0.29) is 6.04 Å².